The lowest BCUT2D eigenvalue weighted by Gasteiger charge is -2.23. The molecule has 0 unspecified atom stereocenters. The highest BCUT2D eigenvalue weighted by atomic mass is 35.5. The maximum Gasteiger partial charge on any atom is 0.236 e. The first-order chi connectivity index (χ1) is 8.06. The molecular formula is C10H16ClN5O. The number of primary amides is 1. The zero-order chi connectivity index (χ0) is 12.8. The molecule has 1 aromatic heterocycles. The summed E-state index contributed by atoms with van der Waals surface area (Å²) in [6.07, 6.45) is 3.22. The van der Waals surface area contributed by atoms with Gasteiger partial charge in [0.25, 0.3) is 0 Å². The van der Waals surface area contributed by atoms with Gasteiger partial charge >= 0.3 is 0 Å². The van der Waals surface area contributed by atoms with Gasteiger partial charge in [-0.2, -0.15) is 0 Å². The van der Waals surface area contributed by atoms with Crippen LogP contribution in [0.5, 0.6) is 0 Å². The van der Waals surface area contributed by atoms with Crippen molar-refractivity contribution in [1.29, 1.82) is 0 Å². The van der Waals surface area contributed by atoms with Crippen molar-refractivity contribution >= 4 is 29.0 Å². The van der Waals surface area contributed by atoms with E-state index < -0.39 is 5.91 Å². The molecule has 0 aromatic carbocycles. The first kappa shape index (κ1) is 13.5. The lowest BCUT2D eigenvalue weighted by Crippen LogP contribution is -2.35. The SMILES string of the molecule is CCCCN(CC(N)=O)c1ncnc(Cl)c1N. The fraction of sp³-hybridized carbons (Fsp3) is 0.500. The number of halogens is 1. The highest BCUT2D eigenvalue weighted by Crippen LogP contribution is 2.25. The van der Waals surface area contributed by atoms with E-state index in [1.807, 2.05) is 0 Å². The zero-order valence-corrected chi connectivity index (χ0v) is 10.4. The van der Waals surface area contributed by atoms with Crippen molar-refractivity contribution in [3.05, 3.63) is 11.5 Å². The third-order valence-corrected chi connectivity index (χ3v) is 2.54. The first-order valence-electron chi connectivity index (χ1n) is 5.35. The average Bonchev–Trinajstić information content (AvgIpc) is 2.28. The number of carbonyl (C=O) groups is 1. The van der Waals surface area contributed by atoms with Crippen molar-refractivity contribution < 1.29 is 4.79 Å². The predicted molar refractivity (Wildman–Crippen MR) is 67.8 cm³/mol. The van der Waals surface area contributed by atoms with Crippen LogP contribution >= 0.6 is 11.6 Å². The van der Waals surface area contributed by atoms with Crippen LogP contribution in [0.1, 0.15) is 19.8 Å². The summed E-state index contributed by atoms with van der Waals surface area (Å²) in [5, 5.41) is 0.181. The average molecular weight is 258 g/mol. The van der Waals surface area contributed by atoms with E-state index in [0.717, 1.165) is 12.8 Å². The zero-order valence-electron chi connectivity index (χ0n) is 9.69. The van der Waals surface area contributed by atoms with Crippen LogP contribution in [0.25, 0.3) is 0 Å². The van der Waals surface area contributed by atoms with E-state index >= 15 is 0 Å². The van der Waals surface area contributed by atoms with E-state index in [-0.39, 0.29) is 17.4 Å². The van der Waals surface area contributed by atoms with E-state index in [1.165, 1.54) is 6.33 Å². The number of amides is 1. The van der Waals surface area contributed by atoms with Crippen molar-refractivity contribution in [2.24, 2.45) is 5.73 Å². The smallest absolute Gasteiger partial charge is 0.236 e. The summed E-state index contributed by atoms with van der Waals surface area (Å²) in [4.78, 5) is 20.5. The molecule has 0 fully saturated rings. The first-order valence-corrected chi connectivity index (χ1v) is 5.73. The Bertz CT molecular complexity index is 398. The molecule has 6 nitrogen and oxygen atoms in total. The van der Waals surface area contributed by atoms with Gasteiger partial charge in [-0.15, -0.1) is 0 Å². The number of carbonyl (C=O) groups excluding carboxylic acids is 1. The van der Waals surface area contributed by atoms with E-state index in [2.05, 4.69) is 16.9 Å². The van der Waals surface area contributed by atoms with Gasteiger partial charge < -0.3 is 16.4 Å². The number of aromatic nitrogens is 2. The summed E-state index contributed by atoms with van der Waals surface area (Å²) in [7, 11) is 0. The Balaban J connectivity index is 2.94. The van der Waals surface area contributed by atoms with Crippen LogP contribution < -0.4 is 16.4 Å². The monoisotopic (exact) mass is 257 g/mol. The van der Waals surface area contributed by atoms with Crippen LogP contribution in [-0.4, -0.2) is 29.0 Å². The van der Waals surface area contributed by atoms with Gasteiger partial charge in [-0.1, -0.05) is 24.9 Å². The van der Waals surface area contributed by atoms with Crippen molar-refractivity contribution in [3.8, 4) is 0 Å². The molecule has 1 aromatic rings. The molecular weight excluding hydrogens is 242 g/mol. The van der Waals surface area contributed by atoms with Gasteiger partial charge in [-0.25, -0.2) is 9.97 Å². The molecule has 1 amide bonds. The minimum Gasteiger partial charge on any atom is -0.393 e. The van der Waals surface area contributed by atoms with Crippen molar-refractivity contribution in [2.75, 3.05) is 23.7 Å². The number of hydrogen-bond acceptors (Lipinski definition) is 5. The number of anilines is 2. The van der Waals surface area contributed by atoms with Crippen LogP contribution in [-0.2, 0) is 4.79 Å². The van der Waals surface area contributed by atoms with Crippen LogP contribution in [0.2, 0.25) is 5.15 Å². The Morgan fingerprint density at radius 2 is 2.24 bits per heavy atom. The van der Waals surface area contributed by atoms with E-state index in [4.69, 9.17) is 23.1 Å². The van der Waals surface area contributed by atoms with E-state index in [9.17, 15) is 4.79 Å². The number of nitrogen functional groups attached to an aromatic ring is 1. The Hall–Kier alpha value is -1.56. The summed E-state index contributed by atoms with van der Waals surface area (Å²) in [6, 6.07) is 0. The lowest BCUT2D eigenvalue weighted by atomic mass is 10.3. The molecule has 0 bridgehead atoms. The molecule has 0 saturated carbocycles. The molecule has 1 rings (SSSR count). The summed E-state index contributed by atoms with van der Waals surface area (Å²) in [6.45, 7) is 2.77. The van der Waals surface area contributed by atoms with E-state index in [0.29, 0.717) is 12.4 Å². The Kier molecular flexibility index (Phi) is 4.96. The second-order valence-corrected chi connectivity index (χ2v) is 4.00. The Labute approximate surface area is 105 Å². The molecule has 4 N–H and O–H groups in total. The van der Waals surface area contributed by atoms with Gasteiger partial charge in [0.15, 0.2) is 11.0 Å². The fourth-order valence-corrected chi connectivity index (χ4v) is 1.54. The summed E-state index contributed by atoms with van der Waals surface area (Å²) >= 11 is 5.81. The molecule has 0 saturated heterocycles. The maximum absolute atomic E-state index is 11.0. The molecule has 0 atom stereocenters. The summed E-state index contributed by atoms with van der Waals surface area (Å²) < 4.78 is 0. The quantitative estimate of drug-likeness (QED) is 0.735. The van der Waals surface area contributed by atoms with Crippen LogP contribution in [0.15, 0.2) is 6.33 Å². The molecule has 1 heterocycles. The number of nitrogens with zero attached hydrogens (tertiary/aromatic N) is 3. The summed E-state index contributed by atoms with van der Waals surface area (Å²) in [5.74, 6) is 0.0208. The predicted octanol–water partition coefficient (Wildman–Crippen LogP) is 0.804. The second kappa shape index (κ2) is 6.24. The van der Waals surface area contributed by atoms with E-state index in [1.54, 1.807) is 4.90 Å². The number of nitrogens with two attached hydrogens (primary N) is 2. The third-order valence-electron chi connectivity index (χ3n) is 2.24. The highest BCUT2D eigenvalue weighted by Gasteiger charge is 2.15. The van der Waals surface area contributed by atoms with Crippen LogP contribution in [0.3, 0.4) is 0 Å². The molecule has 17 heavy (non-hydrogen) atoms. The van der Waals surface area contributed by atoms with Crippen LogP contribution in [0, 0.1) is 0 Å². The number of unbranched alkanes of at least 4 members (excludes halogenated alkanes) is 1. The normalized spacial score (nSPS) is 10.2. The van der Waals surface area contributed by atoms with Gasteiger partial charge in [0.1, 0.15) is 12.0 Å². The van der Waals surface area contributed by atoms with Gasteiger partial charge in [0.05, 0.1) is 6.54 Å². The minimum atomic E-state index is -0.435. The standard InChI is InChI=1S/C10H16ClN5O/c1-2-3-4-16(5-7(12)17)10-8(13)9(11)14-6-15-10/h6H,2-5,13H2,1H3,(H2,12,17). The molecule has 7 heteroatoms. The fourth-order valence-electron chi connectivity index (χ4n) is 1.41. The number of hydrogen-bond donors (Lipinski definition) is 2. The molecule has 0 spiro atoms. The molecule has 94 valence electrons. The minimum absolute atomic E-state index is 0.0670. The number of rotatable bonds is 6. The van der Waals surface area contributed by atoms with Crippen molar-refractivity contribution in [1.82, 2.24) is 9.97 Å². The highest BCUT2D eigenvalue weighted by molar-refractivity contribution is 6.32. The van der Waals surface area contributed by atoms with Gasteiger partial charge in [-0.3, -0.25) is 4.79 Å². The molecule has 0 aliphatic carbocycles. The van der Waals surface area contributed by atoms with Gasteiger partial charge in [0.2, 0.25) is 5.91 Å². The summed E-state index contributed by atoms with van der Waals surface area (Å²) in [5.41, 5.74) is 11.2. The Morgan fingerprint density at radius 1 is 1.53 bits per heavy atom. The van der Waals surface area contributed by atoms with Crippen molar-refractivity contribution in [3.63, 3.8) is 0 Å². The van der Waals surface area contributed by atoms with Crippen LogP contribution in [0.4, 0.5) is 11.5 Å². The van der Waals surface area contributed by atoms with Crippen molar-refractivity contribution in [2.45, 2.75) is 19.8 Å². The second-order valence-electron chi connectivity index (χ2n) is 3.64. The topological polar surface area (TPSA) is 98.1 Å². The lowest BCUT2D eigenvalue weighted by molar-refractivity contribution is -0.116. The molecule has 0 radical (unpaired) electrons. The largest absolute Gasteiger partial charge is 0.393 e. The molecule has 0 aliphatic rings. The Morgan fingerprint density at radius 3 is 2.82 bits per heavy atom. The molecule has 0 aliphatic heterocycles. The van der Waals surface area contributed by atoms with Gasteiger partial charge in [-0.05, 0) is 6.42 Å². The third kappa shape index (κ3) is 3.74. The van der Waals surface area contributed by atoms with Gasteiger partial charge in [0, 0.05) is 6.54 Å². The maximum atomic E-state index is 11.0.